The van der Waals surface area contributed by atoms with Crippen molar-refractivity contribution in [2.75, 3.05) is 40.1 Å². The zero-order valence-electron chi connectivity index (χ0n) is 14.5. The summed E-state index contributed by atoms with van der Waals surface area (Å²) >= 11 is 0. The number of benzene rings is 1. The Morgan fingerprint density at radius 3 is 2.54 bits per heavy atom. The van der Waals surface area contributed by atoms with Crippen LogP contribution in [0.2, 0.25) is 0 Å². The van der Waals surface area contributed by atoms with E-state index in [1.165, 1.54) is 30.2 Å². The van der Waals surface area contributed by atoms with Gasteiger partial charge in [-0.25, -0.2) is 0 Å². The van der Waals surface area contributed by atoms with Crippen molar-refractivity contribution in [1.29, 1.82) is 0 Å². The fourth-order valence-corrected chi connectivity index (χ4v) is 1.91. The number of nitro benzene ring substituents is 1. The Morgan fingerprint density at radius 2 is 2.04 bits per heavy atom. The van der Waals surface area contributed by atoms with Crippen molar-refractivity contribution in [2.24, 2.45) is 0 Å². The number of nitro groups is 1. The number of nitrogens with zero attached hydrogens (tertiary/aromatic N) is 2. The molecule has 0 fully saturated rings. The summed E-state index contributed by atoms with van der Waals surface area (Å²) in [4.78, 5) is 36.5. The van der Waals surface area contributed by atoms with Gasteiger partial charge < -0.3 is 19.9 Å². The summed E-state index contributed by atoms with van der Waals surface area (Å²) < 4.78 is 5.09. The van der Waals surface area contributed by atoms with Crippen LogP contribution in [-0.2, 0) is 9.59 Å². The van der Waals surface area contributed by atoms with Crippen molar-refractivity contribution in [3.8, 4) is 5.75 Å². The summed E-state index contributed by atoms with van der Waals surface area (Å²) in [5, 5.41) is 13.5. The van der Waals surface area contributed by atoms with Crippen LogP contribution in [-0.4, -0.2) is 62.5 Å². The highest BCUT2D eigenvalue weighted by molar-refractivity contribution is 5.95. The Kier molecular flexibility index (Phi) is 6.66. The molecule has 2 atom stereocenters. The van der Waals surface area contributed by atoms with Crippen molar-refractivity contribution in [2.45, 2.75) is 13.0 Å². The van der Waals surface area contributed by atoms with Crippen molar-refractivity contribution in [3.63, 3.8) is 0 Å². The van der Waals surface area contributed by atoms with Gasteiger partial charge in [0, 0.05) is 20.2 Å². The third-order valence-corrected chi connectivity index (χ3v) is 3.72. The van der Waals surface area contributed by atoms with E-state index in [2.05, 4.69) is 5.32 Å². The van der Waals surface area contributed by atoms with Crippen LogP contribution in [0.3, 0.4) is 0 Å². The molecule has 9 heteroatoms. The second kappa shape index (κ2) is 8.25. The number of carbonyl (C=O) groups excluding carboxylic acids is 2. The molecule has 1 aromatic carbocycles. The third kappa shape index (κ3) is 4.92. The van der Waals surface area contributed by atoms with E-state index in [-0.39, 0.29) is 29.8 Å². The van der Waals surface area contributed by atoms with E-state index in [1.807, 2.05) is 0 Å². The maximum absolute atomic E-state index is 12.3. The lowest BCUT2D eigenvalue weighted by Gasteiger charge is -2.22. The number of non-ortho nitro benzene ring substituents is 1. The van der Waals surface area contributed by atoms with Gasteiger partial charge in [-0.2, -0.15) is 0 Å². The zero-order valence-corrected chi connectivity index (χ0v) is 14.5. The predicted octanol–water partition coefficient (Wildman–Crippen LogP) is -0.467. The smallest absolute Gasteiger partial charge is 0.282 e. The van der Waals surface area contributed by atoms with E-state index < -0.39 is 11.0 Å². The van der Waals surface area contributed by atoms with E-state index in [0.717, 1.165) is 4.90 Å². The number of ether oxygens (including phenoxy) is 1. The molecule has 1 rings (SSSR count). The summed E-state index contributed by atoms with van der Waals surface area (Å²) in [5.41, 5.74) is 0.212. The average Bonchev–Trinajstić information content (AvgIpc) is 2.53. The Morgan fingerprint density at radius 1 is 1.42 bits per heavy atom. The fourth-order valence-electron chi connectivity index (χ4n) is 1.91. The minimum atomic E-state index is -0.540. The molecule has 0 spiro atoms. The Hall–Kier alpha value is -2.68. The number of anilines is 1. The van der Waals surface area contributed by atoms with Crippen LogP contribution < -0.4 is 15.0 Å². The molecule has 0 aromatic heterocycles. The van der Waals surface area contributed by atoms with Gasteiger partial charge >= 0.3 is 0 Å². The number of nitrogens with one attached hydrogen (secondary N) is 2. The molecule has 2 N–H and O–H groups in total. The van der Waals surface area contributed by atoms with Crippen LogP contribution in [0, 0.1) is 10.1 Å². The Labute approximate surface area is 140 Å². The van der Waals surface area contributed by atoms with Gasteiger partial charge in [0.05, 0.1) is 30.8 Å². The number of amides is 2. The molecule has 1 unspecified atom stereocenters. The highest BCUT2D eigenvalue weighted by atomic mass is 16.6. The Bertz CT molecular complexity index is 632. The van der Waals surface area contributed by atoms with Crippen LogP contribution in [0.25, 0.3) is 0 Å². The lowest BCUT2D eigenvalue weighted by atomic mass is 10.2. The number of hydrogen-bond acceptors (Lipinski definition) is 5. The second-order valence-corrected chi connectivity index (χ2v) is 5.66. The van der Waals surface area contributed by atoms with Gasteiger partial charge in [-0.3, -0.25) is 19.7 Å². The molecule has 2 amide bonds. The maximum Gasteiger partial charge on any atom is 0.282 e. The van der Waals surface area contributed by atoms with Crippen LogP contribution in [0.15, 0.2) is 18.2 Å². The summed E-state index contributed by atoms with van der Waals surface area (Å²) in [5.74, 6) is -0.196. The predicted molar refractivity (Wildman–Crippen MR) is 88.2 cm³/mol. The number of quaternary nitrogens is 1. The molecule has 0 saturated heterocycles. The minimum Gasteiger partial charge on any atom is -0.494 e. The largest absolute Gasteiger partial charge is 0.494 e. The summed E-state index contributed by atoms with van der Waals surface area (Å²) in [6, 6.07) is 3.46. The first-order valence-corrected chi connectivity index (χ1v) is 7.33. The van der Waals surface area contributed by atoms with Gasteiger partial charge in [0.1, 0.15) is 5.75 Å². The maximum atomic E-state index is 12.3. The standard InChI is InChI=1S/C15H22N4O5/c1-10(18(4)9-14(20)17(2)3)15(21)16-12-7-6-11(19(22)23)8-13(12)24-5/h6-8,10H,9H2,1-5H3,(H,16,21)/p+1/t10-/m0/s1. The van der Waals surface area contributed by atoms with Gasteiger partial charge in [-0.05, 0) is 13.0 Å². The SMILES string of the molecule is COc1cc([N+](=O)[O-])ccc1NC(=O)[C@H](C)[NH+](C)CC(=O)N(C)C. The third-order valence-electron chi connectivity index (χ3n) is 3.72. The summed E-state index contributed by atoms with van der Waals surface area (Å²) in [7, 11) is 6.42. The van der Waals surface area contributed by atoms with E-state index >= 15 is 0 Å². The number of likely N-dealkylation sites (N-methyl/N-ethyl adjacent to an activating group) is 2. The molecule has 0 bridgehead atoms. The lowest BCUT2D eigenvalue weighted by Crippen LogP contribution is -3.15. The van der Waals surface area contributed by atoms with E-state index in [0.29, 0.717) is 5.69 Å². The monoisotopic (exact) mass is 339 g/mol. The molecule has 0 aliphatic rings. The second-order valence-electron chi connectivity index (χ2n) is 5.66. The molecule has 0 heterocycles. The summed E-state index contributed by atoms with van der Waals surface area (Å²) in [6.45, 7) is 1.88. The van der Waals surface area contributed by atoms with Gasteiger partial charge in [-0.15, -0.1) is 0 Å². The molecular weight excluding hydrogens is 316 g/mol. The quantitative estimate of drug-likeness (QED) is 0.516. The number of rotatable bonds is 7. The van der Waals surface area contributed by atoms with Crippen LogP contribution >= 0.6 is 0 Å². The highest BCUT2D eigenvalue weighted by Crippen LogP contribution is 2.28. The number of hydrogen-bond donors (Lipinski definition) is 2. The Balaban J connectivity index is 2.83. The molecule has 0 saturated carbocycles. The van der Waals surface area contributed by atoms with Crippen molar-refractivity contribution < 1.29 is 24.1 Å². The van der Waals surface area contributed by atoms with Gasteiger partial charge in [0.15, 0.2) is 12.6 Å². The van der Waals surface area contributed by atoms with E-state index in [9.17, 15) is 19.7 Å². The van der Waals surface area contributed by atoms with Crippen LogP contribution in [0.5, 0.6) is 5.75 Å². The van der Waals surface area contributed by atoms with E-state index in [1.54, 1.807) is 28.1 Å². The normalized spacial score (nSPS) is 12.9. The first-order chi connectivity index (χ1) is 11.2. The highest BCUT2D eigenvalue weighted by Gasteiger charge is 2.25. The molecule has 0 radical (unpaired) electrons. The van der Waals surface area contributed by atoms with Crippen molar-refractivity contribution >= 4 is 23.2 Å². The molecule has 1 aromatic rings. The lowest BCUT2D eigenvalue weighted by molar-refractivity contribution is -0.886. The average molecular weight is 339 g/mol. The van der Waals surface area contributed by atoms with Crippen LogP contribution in [0.4, 0.5) is 11.4 Å². The van der Waals surface area contributed by atoms with Gasteiger partial charge in [-0.1, -0.05) is 0 Å². The van der Waals surface area contributed by atoms with Crippen molar-refractivity contribution in [1.82, 2.24) is 4.90 Å². The first-order valence-electron chi connectivity index (χ1n) is 7.33. The van der Waals surface area contributed by atoms with Gasteiger partial charge in [0.2, 0.25) is 0 Å². The molecule has 24 heavy (non-hydrogen) atoms. The molecule has 0 aliphatic heterocycles. The number of carbonyl (C=O) groups is 2. The van der Waals surface area contributed by atoms with Crippen molar-refractivity contribution in [3.05, 3.63) is 28.3 Å². The fraction of sp³-hybridized carbons (Fsp3) is 0.467. The molecular formula is C15H23N4O5+. The minimum absolute atomic E-state index is 0.0833. The number of methoxy groups -OCH3 is 1. The van der Waals surface area contributed by atoms with Gasteiger partial charge in [0.25, 0.3) is 17.5 Å². The zero-order chi connectivity index (χ0) is 18.4. The molecule has 0 aliphatic carbocycles. The van der Waals surface area contributed by atoms with E-state index in [4.69, 9.17) is 4.74 Å². The topological polar surface area (TPSA) is 106 Å². The first kappa shape index (κ1) is 19.4. The summed E-state index contributed by atoms with van der Waals surface area (Å²) in [6.07, 6.45) is 0. The molecule has 132 valence electrons. The molecule has 9 nitrogen and oxygen atoms in total. The van der Waals surface area contributed by atoms with Crippen LogP contribution in [0.1, 0.15) is 6.92 Å².